The van der Waals surface area contributed by atoms with Crippen molar-refractivity contribution in [2.45, 2.75) is 41.5 Å². The van der Waals surface area contributed by atoms with Gasteiger partial charge < -0.3 is 13.8 Å². The molecule has 29 heavy (non-hydrogen) atoms. The Morgan fingerprint density at radius 3 is 0.931 bits per heavy atom. The third-order valence-corrected chi connectivity index (χ3v) is 3.79. The second-order valence-corrected chi connectivity index (χ2v) is 5.96. The maximum absolute atomic E-state index is 7.50. The minimum atomic E-state index is -0.226. The van der Waals surface area contributed by atoms with Crippen LogP contribution in [0.3, 0.4) is 0 Å². The van der Waals surface area contributed by atoms with Gasteiger partial charge in [0.05, 0.1) is 17.1 Å². The molecule has 0 saturated heterocycles. The quantitative estimate of drug-likeness (QED) is 0.276. The van der Waals surface area contributed by atoms with E-state index < -0.39 is 0 Å². The van der Waals surface area contributed by atoms with E-state index in [0.29, 0.717) is 0 Å². The molecule has 151 valence electrons. The van der Waals surface area contributed by atoms with Crippen molar-refractivity contribution in [3.05, 3.63) is 72.3 Å². The molecule has 0 fully saturated rings. The van der Waals surface area contributed by atoms with Crippen molar-refractivity contribution in [2.75, 3.05) is 0 Å². The van der Waals surface area contributed by atoms with Gasteiger partial charge in [-0.3, -0.25) is 0 Å². The summed E-state index contributed by atoms with van der Waals surface area (Å²) in [5.74, 6) is 0. The van der Waals surface area contributed by atoms with Crippen molar-refractivity contribution in [3.63, 3.8) is 0 Å². The maximum atomic E-state index is 7.50. The van der Waals surface area contributed by atoms with Crippen molar-refractivity contribution < 1.29 is 35.0 Å². The Kier molecular flexibility index (Phi) is 13.6. The Hall–Kier alpha value is -2.40. The van der Waals surface area contributed by atoms with Crippen LogP contribution in [0.2, 0.25) is 0 Å². The van der Waals surface area contributed by atoms with Gasteiger partial charge >= 0.3 is 33.9 Å². The molecule has 0 atom stereocenters. The predicted octanol–water partition coefficient (Wildman–Crippen LogP) is 1.94. The largest absolute Gasteiger partial charge is 0 e. The fourth-order valence-corrected chi connectivity index (χ4v) is 2.95. The van der Waals surface area contributed by atoms with E-state index in [-0.39, 0.29) is 28.2 Å². The van der Waals surface area contributed by atoms with E-state index >= 15 is 0 Å². The van der Waals surface area contributed by atoms with Gasteiger partial charge in [0.1, 0.15) is 0 Å². The van der Waals surface area contributed by atoms with E-state index in [1.165, 1.54) is 0 Å². The number of rotatable bonds is 3. The van der Waals surface area contributed by atoms with E-state index in [4.69, 9.17) is 14.0 Å². The zero-order valence-corrected chi connectivity index (χ0v) is 20.1. The molecule has 0 aliphatic carbocycles. The number of aryl methyl sites for hydroxylation is 6. The van der Waals surface area contributed by atoms with Gasteiger partial charge in [-0.05, 0) is 76.8 Å². The van der Waals surface area contributed by atoms with E-state index in [9.17, 15) is 0 Å². The first-order chi connectivity index (χ1) is 13.4. The fourth-order valence-electron chi connectivity index (χ4n) is 2.95. The predicted molar refractivity (Wildman–Crippen MR) is 98.8 cm³/mol. The van der Waals surface area contributed by atoms with Gasteiger partial charge in [-0.2, -0.15) is 0 Å². The summed E-state index contributed by atoms with van der Waals surface area (Å²) < 4.78 is 28.4. The van der Waals surface area contributed by atoms with Crippen molar-refractivity contribution in [2.24, 2.45) is 0 Å². The Morgan fingerprint density at radius 2 is 0.793 bits per heavy atom. The summed E-state index contributed by atoms with van der Waals surface area (Å²) in [6.07, 6.45) is 0. The van der Waals surface area contributed by atoms with Crippen LogP contribution in [-0.4, -0.2) is 36.2 Å². The molecule has 0 amide bonds. The number of nitrogens with zero attached hydrogens (tertiary/aromatic N) is 6. The average Bonchev–Trinajstić information content (AvgIpc) is 3.31. The minimum absolute atomic E-state index is 0. The van der Waals surface area contributed by atoms with Gasteiger partial charge in [-0.15, -0.1) is 0 Å². The van der Waals surface area contributed by atoms with Crippen molar-refractivity contribution in [1.82, 2.24) is 29.1 Å². The topological polar surface area (TPSA) is 113 Å². The summed E-state index contributed by atoms with van der Waals surface area (Å²) in [6, 6.07) is 6.22. The molecule has 1 radical (unpaired) electrons. The minimum Gasteiger partial charge on any atom is 0 e. The van der Waals surface area contributed by atoms with E-state index in [1.54, 1.807) is 0 Å². The molecule has 3 heterocycles. The van der Waals surface area contributed by atoms with Crippen LogP contribution in [0.15, 0.2) is 18.2 Å². The SMILES string of the molecule is Cc1cc(C)n([B-](n2nc(C)cc2C)n2nc(C)cc2C)n1.[C-]#[O+].[C-]#[O+].[C-]#[O+].[W]. The van der Waals surface area contributed by atoms with Gasteiger partial charge in [-0.1, -0.05) is 0 Å². The summed E-state index contributed by atoms with van der Waals surface area (Å²) in [4.78, 5) is 0. The molecule has 0 aliphatic rings. The van der Waals surface area contributed by atoms with Crippen LogP contribution in [-0.2, 0) is 35.0 Å². The third kappa shape index (κ3) is 6.86. The van der Waals surface area contributed by atoms with Crippen LogP contribution in [0.1, 0.15) is 34.2 Å². The average molecular weight is 564 g/mol. The molecule has 0 aromatic carbocycles. The first-order valence-corrected chi connectivity index (χ1v) is 8.06. The van der Waals surface area contributed by atoms with Crippen LogP contribution in [0.4, 0.5) is 0 Å². The Morgan fingerprint density at radius 1 is 0.586 bits per heavy atom. The smallest absolute Gasteiger partial charge is 0 e. The second-order valence-electron chi connectivity index (χ2n) is 5.96. The molecule has 11 heteroatoms. The van der Waals surface area contributed by atoms with Gasteiger partial charge in [-0.25, -0.2) is 15.3 Å². The van der Waals surface area contributed by atoms with E-state index in [0.717, 1.165) is 34.2 Å². The normalized spacial score (nSPS) is 9.00. The van der Waals surface area contributed by atoms with E-state index in [1.807, 2.05) is 34.5 Å². The Bertz CT molecular complexity index is 846. The monoisotopic (exact) mass is 564 g/mol. The summed E-state index contributed by atoms with van der Waals surface area (Å²) in [7, 11) is -0.226. The molecule has 0 N–H and O–H groups in total. The second kappa shape index (κ2) is 13.7. The molecule has 9 nitrogen and oxygen atoms in total. The molecule has 0 aliphatic heterocycles. The summed E-state index contributed by atoms with van der Waals surface area (Å²) >= 11 is 0. The first-order valence-electron chi connectivity index (χ1n) is 8.06. The van der Waals surface area contributed by atoms with Gasteiger partial charge in [0.15, 0.2) is 0 Å². The molecule has 0 saturated carbocycles. The molecule has 0 spiro atoms. The number of hydrogen-bond donors (Lipinski definition) is 0. The number of aromatic nitrogens is 6. The van der Waals surface area contributed by atoms with E-state index in [2.05, 4.69) is 74.2 Å². The zero-order valence-electron chi connectivity index (χ0n) is 17.1. The standard InChI is InChI=1S/C15H21BN6.3CO.W/c1-10-7-13(4)20(17-10)16(21-14(5)8-11(2)18-21)22-15(6)9-12(3)19-22;3*1-2;/h7-9H,1-6H3;;;;/q-1;;;;. The van der Waals surface area contributed by atoms with Gasteiger partial charge in [0.25, 0.3) is 7.12 Å². The van der Waals surface area contributed by atoms with Crippen LogP contribution < -0.4 is 0 Å². The van der Waals surface area contributed by atoms with Gasteiger partial charge in [0, 0.05) is 21.1 Å². The molecule has 0 unspecified atom stereocenters. The fraction of sp³-hybridized carbons (Fsp3) is 0.333. The molecule has 3 aromatic heterocycles. The van der Waals surface area contributed by atoms with Crippen LogP contribution >= 0.6 is 0 Å². The molecule has 0 bridgehead atoms. The molecule has 3 rings (SSSR count). The van der Waals surface area contributed by atoms with Crippen molar-refractivity contribution in [3.8, 4) is 0 Å². The first kappa shape index (κ1) is 28.8. The molecular weight excluding hydrogens is 543 g/mol. The number of hydrogen-bond acceptors (Lipinski definition) is 3. The Labute approximate surface area is 185 Å². The summed E-state index contributed by atoms with van der Waals surface area (Å²) in [5.41, 5.74) is 6.23. The van der Waals surface area contributed by atoms with Crippen LogP contribution in [0.5, 0.6) is 0 Å². The molecule has 3 aromatic rings. The van der Waals surface area contributed by atoms with Gasteiger partial charge in [0.2, 0.25) is 0 Å². The molecular formula is C18H21BN6O3W-. The third-order valence-electron chi connectivity index (χ3n) is 3.79. The zero-order chi connectivity index (χ0) is 22.0. The summed E-state index contributed by atoms with van der Waals surface area (Å²) in [5, 5.41) is 14.0. The van der Waals surface area contributed by atoms with Crippen LogP contribution in [0, 0.1) is 61.5 Å². The Balaban J connectivity index is 0. The van der Waals surface area contributed by atoms with Crippen LogP contribution in [0.25, 0.3) is 0 Å². The van der Waals surface area contributed by atoms with Crippen molar-refractivity contribution >= 4 is 7.12 Å². The maximum Gasteiger partial charge on any atom is 0 e. The van der Waals surface area contributed by atoms with Crippen molar-refractivity contribution in [1.29, 1.82) is 0 Å². The summed E-state index contributed by atoms with van der Waals surface area (Å²) in [6.45, 7) is 25.7.